The van der Waals surface area contributed by atoms with Crippen LogP contribution in [0.15, 0.2) is 22.7 Å². The van der Waals surface area contributed by atoms with E-state index in [2.05, 4.69) is 15.9 Å². The fourth-order valence-electron chi connectivity index (χ4n) is 1.30. The average molecular weight is 304 g/mol. The Bertz CT molecular complexity index is 397. The molecule has 0 spiro atoms. The molecule has 94 valence electrons. The summed E-state index contributed by atoms with van der Waals surface area (Å²) in [5.41, 5.74) is 6.73. The maximum absolute atomic E-state index is 10.3. The Labute approximate surface area is 108 Å². The first-order valence-electron chi connectivity index (χ1n) is 4.93. The molecule has 1 rings (SSSR count). The molecular weight excluding hydrogens is 290 g/mol. The molecule has 0 aliphatic rings. The highest BCUT2D eigenvalue weighted by molar-refractivity contribution is 9.10. The van der Waals surface area contributed by atoms with E-state index in [4.69, 9.17) is 20.3 Å². The van der Waals surface area contributed by atoms with Crippen molar-refractivity contribution in [3.63, 3.8) is 0 Å². The fourth-order valence-corrected chi connectivity index (χ4v) is 1.95. The van der Waals surface area contributed by atoms with Gasteiger partial charge in [-0.15, -0.1) is 0 Å². The van der Waals surface area contributed by atoms with Crippen molar-refractivity contribution >= 4 is 21.9 Å². The molecule has 0 aliphatic heterocycles. The standard InChI is InChI=1S/C11H14BrNO4/c1-16-7-2-3-8(9(12)4-7)10(13)5-17-6-11(14)15/h2-4,10H,5-6,13H2,1H3,(H,14,15). The van der Waals surface area contributed by atoms with Gasteiger partial charge >= 0.3 is 5.97 Å². The predicted molar refractivity (Wildman–Crippen MR) is 66.1 cm³/mol. The summed E-state index contributed by atoms with van der Waals surface area (Å²) in [5.74, 6) is -0.287. The largest absolute Gasteiger partial charge is 0.497 e. The van der Waals surface area contributed by atoms with E-state index in [1.165, 1.54) is 0 Å². The number of rotatable bonds is 6. The van der Waals surface area contributed by atoms with E-state index in [-0.39, 0.29) is 19.3 Å². The van der Waals surface area contributed by atoms with Crippen molar-refractivity contribution in [2.24, 2.45) is 5.73 Å². The van der Waals surface area contributed by atoms with Crippen LogP contribution in [0.5, 0.6) is 5.75 Å². The van der Waals surface area contributed by atoms with E-state index in [0.29, 0.717) is 0 Å². The molecule has 17 heavy (non-hydrogen) atoms. The van der Waals surface area contributed by atoms with E-state index in [0.717, 1.165) is 15.8 Å². The van der Waals surface area contributed by atoms with Gasteiger partial charge in [0.1, 0.15) is 12.4 Å². The summed E-state index contributed by atoms with van der Waals surface area (Å²) in [4.78, 5) is 10.3. The number of benzene rings is 1. The Morgan fingerprint density at radius 1 is 1.59 bits per heavy atom. The lowest BCUT2D eigenvalue weighted by atomic mass is 10.1. The third-order valence-electron chi connectivity index (χ3n) is 2.13. The van der Waals surface area contributed by atoms with Gasteiger partial charge in [0.2, 0.25) is 0 Å². The predicted octanol–water partition coefficient (Wildman–Crippen LogP) is 1.56. The number of carboxylic acids is 1. The second kappa shape index (κ2) is 6.58. The van der Waals surface area contributed by atoms with Gasteiger partial charge in [-0.25, -0.2) is 4.79 Å². The van der Waals surface area contributed by atoms with Gasteiger partial charge in [0.05, 0.1) is 19.8 Å². The zero-order valence-electron chi connectivity index (χ0n) is 9.35. The lowest BCUT2D eigenvalue weighted by Gasteiger charge is -2.14. The molecule has 0 saturated heterocycles. The van der Waals surface area contributed by atoms with Gasteiger partial charge in [-0.2, -0.15) is 0 Å². The number of hydrogen-bond acceptors (Lipinski definition) is 4. The number of halogens is 1. The van der Waals surface area contributed by atoms with E-state index in [1.54, 1.807) is 19.2 Å². The summed E-state index contributed by atoms with van der Waals surface area (Å²) in [6.45, 7) is -0.196. The summed E-state index contributed by atoms with van der Waals surface area (Å²) >= 11 is 3.38. The van der Waals surface area contributed by atoms with E-state index >= 15 is 0 Å². The molecule has 0 fully saturated rings. The molecule has 0 bridgehead atoms. The van der Waals surface area contributed by atoms with Crippen molar-refractivity contribution in [1.82, 2.24) is 0 Å². The number of ether oxygens (including phenoxy) is 2. The molecule has 1 aromatic carbocycles. The molecule has 0 aromatic heterocycles. The molecule has 6 heteroatoms. The molecule has 1 atom stereocenters. The molecule has 0 aliphatic carbocycles. The minimum Gasteiger partial charge on any atom is -0.497 e. The highest BCUT2D eigenvalue weighted by Gasteiger charge is 2.11. The van der Waals surface area contributed by atoms with Crippen molar-refractivity contribution in [3.8, 4) is 5.75 Å². The van der Waals surface area contributed by atoms with Crippen LogP contribution in [-0.4, -0.2) is 31.4 Å². The van der Waals surface area contributed by atoms with Gasteiger partial charge in [-0.1, -0.05) is 22.0 Å². The van der Waals surface area contributed by atoms with Crippen molar-refractivity contribution in [2.45, 2.75) is 6.04 Å². The lowest BCUT2D eigenvalue weighted by molar-refractivity contribution is -0.142. The van der Waals surface area contributed by atoms with Gasteiger partial charge in [-0.3, -0.25) is 0 Å². The van der Waals surface area contributed by atoms with Crippen LogP contribution in [0.25, 0.3) is 0 Å². The Morgan fingerprint density at radius 3 is 2.82 bits per heavy atom. The maximum atomic E-state index is 10.3. The van der Waals surface area contributed by atoms with Crippen LogP contribution in [0.3, 0.4) is 0 Å². The fraction of sp³-hybridized carbons (Fsp3) is 0.364. The molecule has 0 heterocycles. The monoisotopic (exact) mass is 303 g/mol. The second-order valence-corrected chi connectivity index (χ2v) is 4.26. The average Bonchev–Trinajstić information content (AvgIpc) is 2.28. The first-order valence-corrected chi connectivity index (χ1v) is 5.72. The highest BCUT2D eigenvalue weighted by Crippen LogP contribution is 2.26. The SMILES string of the molecule is COc1ccc(C(N)COCC(=O)O)c(Br)c1. The second-order valence-electron chi connectivity index (χ2n) is 3.40. The van der Waals surface area contributed by atoms with E-state index < -0.39 is 5.97 Å². The van der Waals surface area contributed by atoms with Crippen molar-refractivity contribution in [3.05, 3.63) is 28.2 Å². The maximum Gasteiger partial charge on any atom is 0.329 e. The van der Waals surface area contributed by atoms with Gasteiger partial charge in [0.25, 0.3) is 0 Å². The smallest absolute Gasteiger partial charge is 0.329 e. The molecule has 1 unspecified atom stereocenters. The molecule has 5 nitrogen and oxygen atoms in total. The van der Waals surface area contributed by atoms with E-state index in [1.807, 2.05) is 6.07 Å². The van der Waals surface area contributed by atoms with Crippen molar-refractivity contribution < 1.29 is 19.4 Å². The van der Waals surface area contributed by atoms with Gasteiger partial charge in [0, 0.05) is 4.47 Å². The molecule has 0 amide bonds. The third kappa shape index (κ3) is 4.33. The van der Waals surface area contributed by atoms with Crippen molar-refractivity contribution in [2.75, 3.05) is 20.3 Å². The molecular formula is C11H14BrNO4. The zero-order chi connectivity index (χ0) is 12.8. The Balaban J connectivity index is 2.62. The summed E-state index contributed by atoms with van der Waals surface area (Å²) in [6, 6.07) is 5.02. The first kappa shape index (κ1) is 14.0. The first-order chi connectivity index (χ1) is 8.04. The Hall–Kier alpha value is -1.11. The normalized spacial score (nSPS) is 12.2. The molecule has 0 saturated carbocycles. The number of carbonyl (C=O) groups is 1. The summed E-state index contributed by atoms with van der Waals surface area (Å²) < 4.78 is 10.8. The number of carboxylic acid groups (broad SMARTS) is 1. The van der Waals surface area contributed by atoms with E-state index in [9.17, 15) is 4.79 Å². The molecule has 3 N–H and O–H groups in total. The molecule has 1 aromatic rings. The quantitative estimate of drug-likeness (QED) is 0.833. The van der Waals surface area contributed by atoms with Crippen LogP contribution in [0.4, 0.5) is 0 Å². The third-order valence-corrected chi connectivity index (χ3v) is 2.82. The summed E-state index contributed by atoms with van der Waals surface area (Å²) in [7, 11) is 1.58. The summed E-state index contributed by atoms with van der Waals surface area (Å²) in [5, 5.41) is 8.43. The Morgan fingerprint density at radius 2 is 2.29 bits per heavy atom. The van der Waals surface area contributed by atoms with Crippen LogP contribution in [0.1, 0.15) is 11.6 Å². The van der Waals surface area contributed by atoms with Crippen LogP contribution in [0, 0.1) is 0 Å². The molecule has 0 radical (unpaired) electrons. The minimum absolute atomic E-state index is 0.150. The van der Waals surface area contributed by atoms with Crippen molar-refractivity contribution in [1.29, 1.82) is 0 Å². The Kier molecular flexibility index (Phi) is 5.40. The highest BCUT2D eigenvalue weighted by atomic mass is 79.9. The minimum atomic E-state index is -1.01. The number of methoxy groups -OCH3 is 1. The van der Waals surface area contributed by atoms with Gasteiger partial charge in [0.15, 0.2) is 0 Å². The number of aliphatic carboxylic acids is 1. The van der Waals surface area contributed by atoms with Gasteiger partial charge in [-0.05, 0) is 17.7 Å². The summed E-state index contributed by atoms with van der Waals surface area (Å²) in [6.07, 6.45) is 0. The van der Waals surface area contributed by atoms with Crippen LogP contribution >= 0.6 is 15.9 Å². The van der Waals surface area contributed by atoms with Gasteiger partial charge < -0.3 is 20.3 Å². The van der Waals surface area contributed by atoms with Crippen LogP contribution in [0.2, 0.25) is 0 Å². The number of nitrogens with two attached hydrogens (primary N) is 1. The topological polar surface area (TPSA) is 81.8 Å². The van der Waals surface area contributed by atoms with Crippen LogP contribution in [-0.2, 0) is 9.53 Å². The van der Waals surface area contributed by atoms with Crippen LogP contribution < -0.4 is 10.5 Å². The number of hydrogen-bond donors (Lipinski definition) is 2. The lowest BCUT2D eigenvalue weighted by Crippen LogP contribution is -2.20. The zero-order valence-corrected chi connectivity index (χ0v) is 10.9.